The van der Waals surface area contributed by atoms with Gasteiger partial charge in [-0.15, -0.1) is 11.8 Å². The predicted octanol–water partition coefficient (Wildman–Crippen LogP) is 4.35. The van der Waals surface area contributed by atoms with Gasteiger partial charge in [0.25, 0.3) is 5.91 Å². The number of fused-ring (bicyclic) bond motifs is 9. The molecule has 7 atom stereocenters. The Bertz CT molecular complexity index is 2380. The quantitative estimate of drug-likeness (QED) is 0.144. The van der Waals surface area contributed by atoms with Crippen molar-refractivity contribution < 1.29 is 41.8 Å². The number of esters is 1. The number of nitrogens with zero attached hydrogens (tertiary/aromatic N) is 1. The van der Waals surface area contributed by atoms with Crippen LogP contribution < -0.4 is 29.7 Å². The van der Waals surface area contributed by atoms with E-state index in [1.807, 2.05) is 19.1 Å². The normalized spacial score (nSPS) is 24.9. The van der Waals surface area contributed by atoms with Crippen LogP contribution in [-0.4, -0.2) is 62.2 Å². The Hall–Kier alpha value is -4.97. The molecular weight excluding hydrogens is 769 g/mol. The van der Waals surface area contributed by atoms with E-state index in [1.165, 1.54) is 29.2 Å². The number of anilines is 2. The molecule has 2 aliphatic carbocycles. The first-order valence-corrected chi connectivity index (χ1v) is 21.0. The highest BCUT2D eigenvalue weighted by Gasteiger charge is 2.69. The van der Waals surface area contributed by atoms with Crippen molar-refractivity contribution in [3.8, 4) is 11.5 Å². The maximum absolute atomic E-state index is 14.2. The van der Waals surface area contributed by atoms with E-state index in [1.54, 1.807) is 49.0 Å². The molecule has 0 unspecified atom stereocenters. The SMILES string of the molecule is CCOC(=O)c1ccc(N2C(=O)[C@H]3[C@H]4C[C@@H]([C@@H]3C2=O)[C@@H]2[C@H](c3ccc(OCC(=O)Nc5ccc(S(N)(=O)=O)cc5)c(OCC)c3)c3sc(=O)[nH]c3S[C@H]42)cc1. The van der Waals surface area contributed by atoms with Crippen LogP contribution in [0.3, 0.4) is 0 Å². The topological polar surface area (TPSA) is 204 Å². The van der Waals surface area contributed by atoms with Crippen LogP contribution in [-0.2, 0) is 29.1 Å². The zero-order chi connectivity index (χ0) is 38.8. The molecule has 1 saturated heterocycles. The van der Waals surface area contributed by atoms with E-state index in [2.05, 4.69) is 10.3 Å². The van der Waals surface area contributed by atoms with Crippen LogP contribution >= 0.6 is 23.1 Å². The van der Waals surface area contributed by atoms with Crippen LogP contribution in [0.15, 0.2) is 81.4 Å². The van der Waals surface area contributed by atoms with Gasteiger partial charge >= 0.3 is 10.8 Å². The number of aromatic nitrogens is 1. The Morgan fingerprint density at radius 1 is 0.909 bits per heavy atom. The van der Waals surface area contributed by atoms with Crippen LogP contribution in [0.25, 0.3) is 0 Å². The van der Waals surface area contributed by atoms with E-state index in [9.17, 15) is 32.4 Å². The molecule has 0 radical (unpaired) electrons. The minimum absolute atomic E-state index is 0.0360. The summed E-state index contributed by atoms with van der Waals surface area (Å²) < 4.78 is 40.1. The molecule has 0 spiro atoms. The summed E-state index contributed by atoms with van der Waals surface area (Å²) in [4.78, 5) is 71.0. The third-order valence-corrected chi connectivity index (χ3v) is 14.3. The van der Waals surface area contributed by atoms with Gasteiger partial charge < -0.3 is 24.5 Å². The van der Waals surface area contributed by atoms with Crippen LogP contribution in [0.2, 0.25) is 0 Å². The zero-order valence-electron chi connectivity index (χ0n) is 29.6. The van der Waals surface area contributed by atoms with Gasteiger partial charge in [0.15, 0.2) is 18.1 Å². The standard InChI is InChI=1S/C38H36N4O10S3/c1-3-50-26-15-19(7-14-25(26)52-17-27(43)40-20-8-12-22(13-9-20)55(39,48)49)28-29-23-16-24(32(29)53-34-33(28)54-38(47)41-34)31-30(23)35(44)42(36(31)45)21-10-5-18(6-11-21)37(46)51-4-2/h5-15,23-24,28-32H,3-4,16-17H2,1-2H3,(H,40,43)(H,41,47)(H2,39,48,49)/t23-,24-,28+,29-,30+,31+,32-/m1/s1. The Balaban J connectivity index is 1.05. The highest BCUT2D eigenvalue weighted by Crippen LogP contribution is 2.68. The Morgan fingerprint density at radius 2 is 1.62 bits per heavy atom. The van der Waals surface area contributed by atoms with Crippen molar-refractivity contribution >= 4 is 68.2 Å². The molecule has 17 heteroatoms. The number of carbonyl (C=O) groups excluding carboxylic acids is 4. The average molecular weight is 805 g/mol. The lowest BCUT2D eigenvalue weighted by atomic mass is 9.68. The molecule has 55 heavy (non-hydrogen) atoms. The molecule has 3 amide bonds. The predicted molar refractivity (Wildman–Crippen MR) is 203 cm³/mol. The molecule has 4 aromatic rings. The summed E-state index contributed by atoms with van der Waals surface area (Å²) in [6.07, 6.45) is 0.708. The summed E-state index contributed by atoms with van der Waals surface area (Å²) in [5, 5.41) is 8.54. The van der Waals surface area contributed by atoms with Gasteiger partial charge in [0, 0.05) is 21.7 Å². The van der Waals surface area contributed by atoms with Crippen molar-refractivity contribution in [2.45, 2.75) is 41.4 Å². The van der Waals surface area contributed by atoms with Crippen molar-refractivity contribution in [3.05, 3.63) is 92.4 Å². The molecule has 4 aliphatic rings. The Morgan fingerprint density at radius 3 is 2.29 bits per heavy atom. The number of imide groups is 1. The highest BCUT2D eigenvalue weighted by atomic mass is 32.2. The number of hydrogen-bond acceptors (Lipinski definition) is 12. The van der Waals surface area contributed by atoms with Crippen molar-refractivity contribution in [3.63, 3.8) is 0 Å². The number of hydrogen-bond donors (Lipinski definition) is 3. The number of thiazole rings is 1. The molecule has 1 aromatic heterocycles. The Kier molecular flexibility index (Phi) is 9.59. The number of sulfonamides is 1. The van der Waals surface area contributed by atoms with Crippen molar-refractivity contribution in [2.75, 3.05) is 30.0 Å². The third kappa shape index (κ3) is 6.51. The number of amides is 3. The molecule has 3 aromatic carbocycles. The molecule has 2 bridgehead atoms. The highest BCUT2D eigenvalue weighted by molar-refractivity contribution is 8.00. The first-order valence-electron chi connectivity index (χ1n) is 17.7. The summed E-state index contributed by atoms with van der Waals surface area (Å²) in [6.45, 7) is 3.71. The number of benzene rings is 3. The van der Waals surface area contributed by atoms with Crippen LogP contribution in [0, 0.1) is 29.6 Å². The molecule has 4 N–H and O–H groups in total. The molecule has 3 heterocycles. The fraction of sp³-hybridized carbons (Fsp3) is 0.342. The summed E-state index contributed by atoms with van der Waals surface area (Å²) in [7, 11) is -3.88. The van der Waals surface area contributed by atoms with Gasteiger partial charge in [-0.05, 0) is 104 Å². The molecular formula is C38H36N4O10S3. The summed E-state index contributed by atoms with van der Waals surface area (Å²) in [5.74, 6) is -2.31. The fourth-order valence-corrected chi connectivity index (χ4v) is 12.2. The second-order valence-corrected chi connectivity index (χ2v) is 17.5. The molecule has 286 valence electrons. The minimum atomic E-state index is -3.88. The van der Waals surface area contributed by atoms with Gasteiger partial charge in [0.05, 0.1) is 46.2 Å². The van der Waals surface area contributed by atoms with Gasteiger partial charge in [-0.25, -0.2) is 18.4 Å². The fourth-order valence-electron chi connectivity index (χ4n) is 8.78. The van der Waals surface area contributed by atoms with E-state index < -0.39 is 33.7 Å². The number of nitrogens with one attached hydrogen (secondary N) is 2. The number of carbonyl (C=O) groups is 4. The Labute approximate surface area is 323 Å². The van der Waals surface area contributed by atoms with E-state index in [0.717, 1.165) is 26.8 Å². The van der Waals surface area contributed by atoms with E-state index >= 15 is 0 Å². The number of primary sulfonamides is 1. The number of thioether (sulfide) groups is 1. The van der Waals surface area contributed by atoms with E-state index in [4.69, 9.17) is 19.3 Å². The second-order valence-electron chi connectivity index (χ2n) is 13.8. The maximum Gasteiger partial charge on any atom is 0.338 e. The van der Waals surface area contributed by atoms with Gasteiger partial charge in [-0.2, -0.15) is 0 Å². The smallest absolute Gasteiger partial charge is 0.338 e. The lowest BCUT2D eigenvalue weighted by molar-refractivity contribution is -0.123. The second kappa shape index (κ2) is 14.3. The monoisotopic (exact) mass is 804 g/mol. The van der Waals surface area contributed by atoms with Crippen LogP contribution in [0.5, 0.6) is 11.5 Å². The third-order valence-electron chi connectivity index (χ3n) is 10.8. The van der Waals surface area contributed by atoms with E-state index in [0.29, 0.717) is 41.5 Å². The number of H-pyrrole nitrogens is 1. The molecule has 2 aliphatic heterocycles. The lowest BCUT2D eigenvalue weighted by Crippen LogP contribution is -2.42. The van der Waals surface area contributed by atoms with Gasteiger partial charge in [-0.1, -0.05) is 17.4 Å². The van der Waals surface area contributed by atoms with Gasteiger partial charge in [0.2, 0.25) is 21.8 Å². The molecule has 8 rings (SSSR count). The minimum Gasteiger partial charge on any atom is -0.490 e. The number of ether oxygens (including phenoxy) is 3. The summed E-state index contributed by atoms with van der Waals surface area (Å²) in [6, 6.07) is 17.2. The van der Waals surface area contributed by atoms with Crippen molar-refractivity contribution in [2.24, 2.45) is 34.7 Å². The molecule has 3 fully saturated rings. The van der Waals surface area contributed by atoms with Gasteiger partial charge in [-0.3, -0.25) is 24.1 Å². The van der Waals surface area contributed by atoms with Gasteiger partial charge in [0.1, 0.15) is 0 Å². The maximum atomic E-state index is 14.2. The summed E-state index contributed by atoms with van der Waals surface area (Å²) >= 11 is 2.73. The van der Waals surface area contributed by atoms with Crippen LogP contribution in [0.1, 0.15) is 47.0 Å². The zero-order valence-corrected chi connectivity index (χ0v) is 32.0. The van der Waals surface area contributed by atoms with Crippen molar-refractivity contribution in [1.82, 2.24) is 4.98 Å². The number of nitrogens with two attached hydrogens (primary N) is 1. The van der Waals surface area contributed by atoms with Crippen LogP contribution in [0.4, 0.5) is 11.4 Å². The largest absolute Gasteiger partial charge is 0.490 e. The van der Waals surface area contributed by atoms with Crippen molar-refractivity contribution in [1.29, 1.82) is 0 Å². The summed E-state index contributed by atoms with van der Waals surface area (Å²) in [5.41, 5.74) is 1.96. The first-order chi connectivity index (χ1) is 26.4. The average Bonchev–Trinajstić information content (AvgIpc) is 3.90. The van der Waals surface area contributed by atoms with E-state index in [-0.39, 0.29) is 63.7 Å². The lowest BCUT2D eigenvalue weighted by Gasteiger charge is -2.43. The molecule has 14 nitrogen and oxygen atoms in total. The first kappa shape index (κ1) is 37.0. The number of rotatable bonds is 11. The number of aromatic amines is 1. The molecule has 2 saturated carbocycles.